The molecule has 2 atom stereocenters. The SMILES string of the molecule is CC(C)C1CCC(N2C[C@@H]3CN(C4CN(C(C)C)C4)C[C@H]3C2)CC1. The van der Waals surface area contributed by atoms with E-state index < -0.39 is 0 Å². The Bertz CT molecular complexity index is 407. The van der Waals surface area contributed by atoms with Gasteiger partial charge in [-0.3, -0.25) is 14.7 Å². The lowest BCUT2D eigenvalue weighted by Gasteiger charge is -2.46. The summed E-state index contributed by atoms with van der Waals surface area (Å²) in [4.78, 5) is 8.35. The van der Waals surface area contributed by atoms with Crippen LogP contribution in [0.4, 0.5) is 0 Å². The first-order chi connectivity index (χ1) is 11.5. The van der Waals surface area contributed by atoms with Gasteiger partial charge in [-0.15, -0.1) is 0 Å². The molecule has 0 aromatic heterocycles. The third-order valence-corrected chi connectivity index (χ3v) is 7.88. The lowest BCUT2D eigenvalue weighted by molar-refractivity contribution is 0.0189. The molecule has 0 bridgehead atoms. The van der Waals surface area contributed by atoms with Crippen LogP contribution in [0.1, 0.15) is 53.4 Å². The van der Waals surface area contributed by atoms with E-state index in [1.807, 2.05) is 0 Å². The fraction of sp³-hybridized carbons (Fsp3) is 1.00. The summed E-state index contributed by atoms with van der Waals surface area (Å²) in [6.45, 7) is 17.7. The van der Waals surface area contributed by atoms with E-state index in [0.717, 1.165) is 41.8 Å². The molecule has 0 unspecified atom stereocenters. The first-order valence-electron chi connectivity index (χ1n) is 10.7. The van der Waals surface area contributed by atoms with Gasteiger partial charge in [0.25, 0.3) is 0 Å². The van der Waals surface area contributed by atoms with Crippen molar-refractivity contribution < 1.29 is 0 Å². The summed E-state index contributed by atoms with van der Waals surface area (Å²) >= 11 is 0. The minimum atomic E-state index is 0.736. The standard InChI is InChI=1S/C21H39N3/c1-15(2)17-5-7-20(8-6-17)23-9-18-11-24(12-19(18)10-23)21-13-22(14-21)16(3)4/h15-21H,5-14H2,1-4H3/t17?,18-,19-,20?/m1/s1. The van der Waals surface area contributed by atoms with Gasteiger partial charge in [-0.2, -0.15) is 0 Å². The highest BCUT2D eigenvalue weighted by Crippen LogP contribution is 2.39. The van der Waals surface area contributed by atoms with E-state index in [-0.39, 0.29) is 0 Å². The van der Waals surface area contributed by atoms with Crippen LogP contribution in [-0.2, 0) is 0 Å². The van der Waals surface area contributed by atoms with Crippen molar-refractivity contribution in [2.45, 2.75) is 71.5 Å². The van der Waals surface area contributed by atoms with Crippen molar-refractivity contribution in [2.75, 3.05) is 39.3 Å². The number of fused-ring (bicyclic) bond motifs is 1. The molecule has 4 fully saturated rings. The van der Waals surface area contributed by atoms with Gasteiger partial charge in [-0.1, -0.05) is 13.8 Å². The van der Waals surface area contributed by atoms with Gasteiger partial charge in [0, 0.05) is 57.4 Å². The predicted octanol–water partition coefficient (Wildman–Crippen LogP) is 3.16. The van der Waals surface area contributed by atoms with Gasteiger partial charge in [-0.05, 0) is 63.2 Å². The summed E-state index contributed by atoms with van der Waals surface area (Å²) in [7, 11) is 0. The minimum absolute atomic E-state index is 0.736. The fourth-order valence-corrected chi connectivity index (χ4v) is 5.94. The summed E-state index contributed by atoms with van der Waals surface area (Å²) in [6.07, 6.45) is 5.90. The number of likely N-dealkylation sites (tertiary alicyclic amines) is 3. The molecule has 0 aromatic carbocycles. The molecule has 138 valence electrons. The maximum absolute atomic E-state index is 2.89. The van der Waals surface area contributed by atoms with Crippen LogP contribution in [0.2, 0.25) is 0 Å². The van der Waals surface area contributed by atoms with Crippen LogP contribution < -0.4 is 0 Å². The maximum Gasteiger partial charge on any atom is 0.0350 e. The van der Waals surface area contributed by atoms with E-state index in [1.165, 1.54) is 65.0 Å². The quantitative estimate of drug-likeness (QED) is 0.782. The smallest absolute Gasteiger partial charge is 0.0350 e. The Hall–Kier alpha value is -0.120. The third kappa shape index (κ3) is 3.29. The number of nitrogens with zero attached hydrogens (tertiary/aromatic N) is 3. The van der Waals surface area contributed by atoms with E-state index >= 15 is 0 Å². The van der Waals surface area contributed by atoms with E-state index in [9.17, 15) is 0 Å². The van der Waals surface area contributed by atoms with E-state index in [1.54, 1.807) is 0 Å². The van der Waals surface area contributed by atoms with E-state index in [4.69, 9.17) is 0 Å². The number of hydrogen-bond donors (Lipinski definition) is 0. The van der Waals surface area contributed by atoms with Crippen molar-refractivity contribution in [3.05, 3.63) is 0 Å². The molecule has 24 heavy (non-hydrogen) atoms. The Labute approximate surface area is 149 Å². The normalized spacial score (nSPS) is 39.8. The Morgan fingerprint density at radius 1 is 0.625 bits per heavy atom. The monoisotopic (exact) mass is 333 g/mol. The zero-order valence-corrected chi connectivity index (χ0v) is 16.5. The molecule has 0 N–H and O–H groups in total. The Morgan fingerprint density at radius 2 is 1.12 bits per heavy atom. The van der Waals surface area contributed by atoms with Crippen LogP contribution in [0, 0.1) is 23.7 Å². The van der Waals surface area contributed by atoms with E-state index in [0.29, 0.717) is 0 Å². The summed E-state index contributed by atoms with van der Waals surface area (Å²) in [6, 6.07) is 2.52. The molecule has 0 radical (unpaired) electrons. The second kappa shape index (κ2) is 6.89. The molecule has 4 rings (SSSR count). The molecule has 1 aliphatic carbocycles. The fourth-order valence-electron chi connectivity index (χ4n) is 5.94. The first-order valence-corrected chi connectivity index (χ1v) is 10.7. The molecule has 0 amide bonds. The molecular formula is C21H39N3. The van der Waals surface area contributed by atoms with Gasteiger partial charge in [0.1, 0.15) is 0 Å². The predicted molar refractivity (Wildman–Crippen MR) is 101 cm³/mol. The lowest BCUT2D eigenvalue weighted by atomic mass is 9.79. The van der Waals surface area contributed by atoms with Gasteiger partial charge >= 0.3 is 0 Å². The van der Waals surface area contributed by atoms with Gasteiger partial charge < -0.3 is 0 Å². The zero-order valence-electron chi connectivity index (χ0n) is 16.5. The van der Waals surface area contributed by atoms with Crippen LogP contribution in [0.15, 0.2) is 0 Å². The second-order valence-corrected chi connectivity index (χ2v) is 9.94. The van der Waals surface area contributed by atoms with Crippen LogP contribution in [0.5, 0.6) is 0 Å². The van der Waals surface area contributed by atoms with Crippen molar-refractivity contribution in [1.82, 2.24) is 14.7 Å². The van der Waals surface area contributed by atoms with Crippen LogP contribution >= 0.6 is 0 Å². The minimum Gasteiger partial charge on any atom is -0.300 e. The largest absolute Gasteiger partial charge is 0.300 e. The van der Waals surface area contributed by atoms with Gasteiger partial charge in [-0.25, -0.2) is 0 Å². The number of rotatable bonds is 4. The van der Waals surface area contributed by atoms with Crippen LogP contribution in [0.3, 0.4) is 0 Å². The Morgan fingerprint density at radius 3 is 1.58 bits per heavy atom. The van der Waals surface area contributed by atoms with Crippen molar-refractivity contribution in [1.29, 1.82) is 0 Å². The number of hydrogen-bond acceptors (Lipinski definition) is 3. The second-order valence-electron chi connectivity index (χ2n) is 9.94. The van der Waals surface area contributed by atoms with E-state index in [2.05, 4.69) is 42.4 Å². The molecule has 3 saturated heterocycles. The molecular weight excluding hydrogens is 294 g/mol. The van der Waals surface area contributed by atoms with Gasteiger partial charge in [0.05, 0.1) is 0 Å². The molecule has 3 nitrogen and oxygen atoms in total. The van der Waals surface area contributed by atoms with Gasteiger partial charge in [0.15, 0.2) is 0 Å². The lowest BCUT2D eigenvalue weighted by Crippen LogP contribution is -2.61. The van der Waals surface area contributed by atoms with Crippen LogP contribution in [0.25, 0.3) is 0 Å². The highest BCUT2D eigenvalue weighted by molar-refractivity contribution is 5.00. The summed E-state index contributed by atoms with van der Waals surface area (Å²) in [5.41, 5.74) is 0. The molecule has 3 heterocycles. The van der Waals surface area contributed by atoms with Crippen LogP contribution in [-0.4, -0.2) is 72.1 Å². The molecule has 0 aromatic rings. The van der Waals surface area contributed by atoms with Crippen molar-refractivity contribution >= 4 is 0 Å². The summed E-state index contributed by atoms with van der Waals surface area (Å²) in [5, 5.41) is 0. The summed E-state index contributed by atoms with van der Waals surface area (Å²) < 4.78 is 0. The first kappa shape index (κ1) is 17.3. The van der Waals surface area contributed by atoms with Crippen molar-refractivity contribution in [3.8, 4) is 0 Å². The molecule has 1 saturated carbocycles. The average Bonchev–Trinajstić information content (AvgIpc) is 3.04. The van der Waals surface area contributed by atoms with Crippen molar-refractivity contribution in [2.24, 2.45) is 23.7 Å². The zero-order chi connectivity index (χ0) is 16.8. The molecule has 0 spiro atoms. The molecule has 4 aliphatic rings. The Balaban J connectivity index is 1.22. The molecule has 3 heteroatoms. The highest BCUT2D eigenvalue weighted by atomic mass is 15.3. The summed E-state index contributed by atoms with van der Waals surface area (Å²) in [5.74, 6) is 3.84. The van der Waals surface area contributed by atoms with Crippen molar-refractivity contribution in [3.63, 3.8) is 0 Å². The highest BCUT2D eigenvalue weighted by Gasteiger charge is 2.46. The Kier molecular flexibility index (Phi) is 4.96. The third-order valence-electron chi connectivity index (χ3n) is 7.88. The van der Waals surface area contributed by atoms with Gasteiger partial charge in [0.2, 0.25) is 0 Å². The topological polar surface area (TPSA) is 9.72 Å². The molecule has 3 aliphatic heterocycles. The maximum atomic E-state index is 2.89. The average molecular weight is 334 g/mol.